The van der Waals surface area contributed by atoms with Gasteiger partial charge in [0.2, 0.25) is 5.95 Å². The molecule has 0 aliphatic rings. The smallest absolute Gasteiger partial charge is 0.203 e. The Morgan fingerprint density at radius 2 is 2.33 bits per heavy atom. The van der Waals surface area contributed by atoms with E-state index < -0.39 is 0 Å². The van der Waals surface area contributed by atoms with Gasteiger partial charge in [-0.15, -0.1) is 11.3 Å². The Labute approximate surface area is 131 Å². The molecule has 1 atom stereocenters. The van der Waals surface area contributed by atoms with Crippen molar-refractivity contribution >= 4 is 17.3 Å². The molecule has 0 saturated carbocycles. The van der Waals surface area contributed by atoms with Gasteiger partial charge in [-0.2, -0.15) is 0 Å². The standard InChI is InChI=1S/C16H25N3OS/c1-3-7-14(15-8-5-13-21-15)18-16-17-9-11-19(16)10-6-12-20-4-2/h5,8-9,11,13-14H,3-4,6-7,10,12H2,1-2H3,(H,17,18). The lowest BCUT2D eigenvalue weighted by Gasteiger charge is -2.18. The Hall–Kier alpha value is -1.33. The van der Waals surface area contributed by atoms with Crippen LogP contribution in [0, 0.1) is 0 Å². The number of aromatic nitrogens is 2. The summed E-state index contributed by atoms with van der Waals surface area (Å²) < 4.78 is 7.57. The van der Waals surface area contributed by atoms with E-state index in [-0.39, 0.29) is 0 Å². The fourth-order valence-electron chi connectivity index (χ4n) is 2.33. The summed E-state index contributed by atoms with van der Waals surface area (Å²) in [6.45, 7) is 6.77. The molecule has 1 N–H and O–H groups in total. The van der Waals surface area contributed by atoms with Crippen LogP contribution in [0.5, 0.6) is 0 Å². The topological polar surface area (TPSA) is 39.1 Å². The summed E-state index contributed by atoms with van der Waals surface area (Å²) in [5.74, 6) is 0.957. The Bertz CT molecular complexity index is 495. The van der Waals surface area contributed by atoms with Gasteiger partial charge in [0.1, 0.15) is 0 Å². The maximum atomic E-state index is 5.40. The zero-order chi connectivity index (χ0) is 14.9. The van der Waals surface area contributed by atoms with Crippen LogP contribution in [0.15, 0.2) is 29.9 Å². The molecule has 0 radical (unpaired) electrons. The third-order valence-electron chi connectivity index (χ3n) is 3.37. The highest BCUT2D eigenvalue weighted by atomic mass is 32.1. The van der Waals surface area contributed by atoms with Crippen molar-refractivity contribution in [3.05, 3.63) is 34.8 Å². The summed E-state index contributed by atoms with van der Waals surface area (Å²) in [5, 5.41) is 5.73. The summed E-state index contributed by atoms with van der Waals surface area (Å²) in [7, 11) is 0. The van der Waals surface area contributed by atoms with Gasteiger partial charge in [-0.3, -0.25) is 0 Å². The Morgan fingerprint density at radius 3 is 3.05 bits per heavy atom. The van der Waals surface area contributed by atoms with Crippen molar-refractivity contribution in [2.24, 2.45) is 0 Å². The Kier molecular flexibility index (Phi) is 6.76. The summed E-state index contributed by atoms with van der Waals surface area (Å²) in [5.41, 5.74) is 0. The first-order chi connectivity index (χ1) is 10.3. The van der Waals surface area contributed by atoms with Crippen LogP contribution in [0.1, 0.15) is 44.0 Å². The fraction of sp³-hybridized carbons (Fsp3) is 0.562. The second-order valence-corrected chi connectivity index (χ2v) is 5.98. The van der Waals surface area contributed by atoms with Crippen molar-refractivity contribution in [1.82, 2.24) is 9.55 Å². The minimum Gasteiger partial charge on any atom is -0.382 e. The van der Waals surface area contributed by atoms with E-state index in [1.165, 1.54) is 4.88 Å². The monoisotopic (exact) mass is 307 g/mol. The van der Waals surface area contributed by atoms with E-state index in [2.05, 4.69) is 39.3 Å². The first-order valence-corrected chi connectivity index (χ1v) is 8.62. The van der Waals surface area contributed by atoms with E-state index >= 15 is 0 Å². The van der Waals surface area contributed by atoms with E-state index in [1.54, 1.807) is 11.3 Å². The first-order valence-electron chi connectivity index (χ1n) is 7.74. The number of anilines is 1. The van der Waals surface area contributed by atoms with Gasteiger partial charge in [-0.1, -0.05) is 19.4 Å². The number of nitrogens with zero attached hydrogens (tertiary/aromatic N) is 2. The van der Waals surface area contributed by atoms with E-state index in [0.717, 1.165) is 45.0 Å². The van der Waals surface area contributed by atoms with Gasteiger partial charge >= 0.3 is 0 Å². The van der Waals surface area contributed by atoms with Gasteiger partial charge in [0, 0.05) is 37.0 Å². The Morgan fingerprint density at radius 1 is 1.43 bits per heavy atom. The van der Waals surface area contributed by atoms with Gasteiger partial charge in [0.05, 0.1) is 6.04 Å². The summed E-state index contributed by atoms with van der Waals surface area (Å²) in [6, 6.07) is 4.65. The molecule has 0 aliphatic carbocycles. The number of aryl methyl sites for hydroxylation is 1. The molecule has 21 heavy (non-hydrogen) atoms. The molecule has 5 heteroatoms. The molecule has 2 rings (SSSR count). The van der Waals surface area contributed by atoms with E-state index in [1.807, 2.05) is 19.3 Å². The van der Waals surface area contributed by atoms with Crippen molar-refractivity contribution < 1.29 is 4.74 Å². The minimum atomic E-state index is 0.350. The number of hydrogen-bond donors (Lipinski definition) is 1. The van der Waals surface area contributed by atoms with Crippen LogP contribution in [-0.2, 0) is 11.3 Å². The van der Waals surface area contributed by atoms with E-state index in [9.17, 15) is 0 Å². The second kappa shape index (κ2) is 8.85. The van der Waals surface area contributed by atoms with Gasteiger partial charge in [0.25, 0.3) is 0 Å². The highest BCUT2D eigenvalue weighted by molar-refractivity contribution is 7.10. The van der Waals surface area contributed by atoms with E-state index in [4.69, 9.17) is 4.74 Å². The molecule has 4 nitrogen and oxygen atoms in total. The largest absolute Gasteiger partial charge is 0.382 e. The molecule has 1 unspecified atom stereocenters. The maximum absolute atomic E-state index is 5.40. The summed E-state index contributed by atoms with van der Waals surface area (Å²) in [4.78, 5) is 5.84. The van der Waals surface area contributed by atoms with Gasteiger partial charge in [-0.05, 0) is 31.2 Å². The predicted octanol–water partition coefficient (Wildman–Crippen LogP) is 4.32. The number of nitrogens with one attached hydrogen (secondary N) is 1. The van der Waals surface area contributed by atoms with Crippen LogP contribution in [0.4, 0.5) is 5.95 Å². The van der Waals surface area contributed by atoms with Gasteiger partial charge < -0.3 is 14.6 Å². The molecule has 0 fully saturated rings. The zero-order valence-electron chi connectivity index (χ0n) is 12.9. The van der Waals surface area contributed by atoms with Gasteiger partial charge in [0.15, 0.2) is 0 Å². The molecule has 0 aromatic carbocycles. The molecule has 0 spiro atoms. The third-order valence-corrected chi connectivity index (χ3v) is 4.36. The lowest BCUT2D eigenvalue weighted by molar-refractivity contribution is 0.142. The van der Waals surface area contributed by atoms with Crippen molar-refractivity contribution in [3.8, 4) is 0 Å². The molecular weight excluding hydrogens is 282 g/mol. The molecule has 2 heterocycles. The number of imidazole rings is 1. The maximum Gasteiger partial charge on any atom is 0.203 e. The quantitative estimate of drug-likeness (QED) is 0.664. The number of rotatable bonds is 10. The van der Waals surface area contributed by atoms with Crippen LogP contribution < -0.4 is 5.32 Å². The molecule has 0 aliphatic heterocycles. The van der Waals surface area contributed by atoms with Crippen LogP contribution in [-0.4, -0.2) is 22.8 Å². The first kappa shape index (κ1) is 16.0. The summed E-state index contributed by atoms with van der Waals surface area (Å²) in [6.07, 6.45) is 7.18. The predicted molar refractivity (Wildman–Crippen MR) is 88.9 cm³/mol. The van der Waals surface area contributed by atoms with Crippen molar-refractivity contribution in [1.29, 1.82) is 0 Å². The highest BCUT2D eigenvalue weighted by Crippen LogP contribution is 2.26. The van der Waals surface area contributed by atoms with E-state index in [0.29, 0.717) is 6.04 Å². The highest BCUT2D eigenvalue weighted by Gasteiger charge is 2.14. The second-order valence-electron chi connectivity index (χ2n) is 5.00. The number of hydrogen-bond acceptors (Lipinski definition) is 4. The van der Waals surface area contributed by atoms with Crippen molar-refractivity contribution in [2.45, 2.75) is 45.7 Å². The van der Waals surface area contributed by atoms with Crippen molar-refractivity contribution in [3.63, 3.8) is 0 Å². The summed E-state index contributed by atoms with van der Waals surface area (Å²) >= 11 is 1.80. The fourth-order valence-corrected chi connectivity index (χ4v) is 3.14. The average Bonchev–Trinajstić information content (AvgIpc) is 3.15. The van der Waals surface area contributed by atoms with Gasteiger partial charge in [-0.25, -0.2) is 4.98 Å². The van der Waals surface area contributed by atoms with Crippen LogP contribution >= 0.6 is 11.3 Å². The SMILES string of the molecule is CCCC(Nc1nccn1CCCOCC)c1cccs1. The van der Waals surface area contributed by atoms with Crippen LogP contribution in [0.2, 0.25) is 0 Å². The zero-order valence-corrected chi connectivity index (χ0v) is 13.7. The molecule has 0 saturated heterocycles. The van der Waals surface area contributed by atoms with Crippen LogP contribution in [0.25, 0.3) is 0 Å². The number of thiophene rings is 1. The molecule has 116 valence electrons. The van der Waals surface area contributed by atoms with Crippen molar-refractivity contribution in [2.75, 3.05) is 18.5 Å². The van der Waals surface area contributed by atoms with Crippen LogP contribution in [0.3, 0.4) is 0 Å². The molecule has 2 aromatic heterocycles. The normalized spacial score (nSPS) is 12.5. The lowest BCUT2D eigenvalue weighted by atomic mass is 10.1. The average molecular weight is 307 g/mol. The molecular formula is C16H25N3OS. The third kappa shape index (κ3) is 4.86. The minimum absolute atomic E-state index is 0.350. The Balaban J connectivity index is 1.96. The molecule has 2 aromatic rings. The lowest BCUT2D eigenvalue weighted by Crippen LogP contribution is -2.14. The number of ether oxygens (including phenoxy) is 1. The molecule has 0 amide bonds. The molecule has 0 bridgehead atoms.